The number of halogens is 1. The van der Waals surface area contributed by atoms with Crippen LogP contribution in [0.5, 0.6) is 5.75 Å². The van der Waals surface area contributed by atoms with E-state index in [2.05, 4.69) is 21.2 Å². The largest absolute Gasteiger partial charge is 0.496 e. The van der Waals surface area contributed by atoms with E-state index in [9.17, 15) is 9.59 Å². The number of para-hydroxylation sites is 1. The van der Waals surface area contributed by atoms with Crippen LogP contribution in [0.4, 0.5) is 5.69 Å². The first-order chi connectivity index (χ1) is 14.0. The molecule has 1 amide bonds. The Kier molecular flexibility index (Phi) is 5.18. The van der Waals surface area contributed by atoms with Gasteiger partial charge in [-0.2, -0.15) is 0 Å². The molecule has 1 heterocycles. The van der Waals surface area contributed by atoms with Crippen LogP contribution in [0.2, 0.25) is 0 Å². The van der Waals surface area contributed by atoms with E-state index in [0.717, 1.165) is 4.47 Å². The number of ether oxygens (including phenoxy) is 1. The molecule has 0 saturated carbocycles. The second kappa shape index (κ2) is 7.93. The summed E-state index contributed by atoms with van der Waals surface area (Å²) in [6.45, 7) is 0. The maximum atomic E-state index is 12.6. The second-order valence-electron chi connectivity index (χ2n) is 6.35. The zero-order valence-corrected chi connectivity index (χ0v) is 17.0. The lowest BCUT2D eigenvalue weighted by molar-refractivity contribution is 0.102. The van der Waals surface area contributed by atoms with Gasteiger partial charge in [-0.1, -0.05) is 28.1 Å². The van der Waals surface area contributed by atoms with Crippen molar-refractivity contribution < 1.29 is 13.9 Å². The maximum Gasteiger partial charge on any atom is 0.255 e. The lowest BCUT2D eigenvalue weighted by Gasteiger charge is -2.09. The fraction of sp³-hybridized carbons (Fsp3) is 0.0435. The van der Waals surface area contributed by atoms with E-state index in [0.29, 0.717) is 39.3 Å². The summed E-state index contributed by atoms with van der Waals surface area (Å²) in [6.07, 6.45) is 0. The molecule has 4 aromatic rings. The molecule has 1 N–H and O–H groups in total. The molecule has 3 aromatic carbocycles. The SMILES string of the molecule is COc1ccccc1-c1cc(=O)c2ccc(NC(=O)c3ccc(Br)cc3)cc2o1. The number of fused-ring (bicyclic) bond motifs is 1. The van der Waals surface area contributed by atoms with Gasteiger partial charge in [0.25, 0.3) is 5.91 Å². The Hall–Kier alpha value is -3.38. The molecule has 4 rings (SSSR count). The highest BCUT2D eigenvalue weighted by Gasteiger charge is 2.12. The Bertz CT molecular complexity index is 1260. The third-order valence-corrected chi connectivity index (χ3v) is 4.99. The van der Waals surface area contributed by atoms with E-state index in [-0.39, 0.29) is 11.3 Å². The van der Waals surface area contributed by atoms with Crippen molar-refractivity contribution in [2.75, 3.05) is 12.4 Å². The van der Waals surface area contributed by atoms with E-state index in [1.807, 2.05) is 18.2 Å². The number of benzene rings is 3. The molecule has 0 bridgehead atoms. The molecule has 6 heteroatoms. The van der Waals surface area contributed by atoms with Crippen LogP contribution in [-0.2, 0) is 0 Å². The number of carbonyl (C=O) groups excluding carboxylic acids is 1. The summed E-state index contributed by atoms with van der Waals surface area (Å²) in [6, 6.07) is 20.8. The van der Waals surface area contributed by atoms with Crippen LogP contribution >= 0.6 is 15.9 Å². The predicted octanol–water partition coefficient (Wildman–Crippen LogP) is 5.48. The van der Waals surface area contributed by atoms with Crippen LogP contribution in [0.3, 0.4) is 0 Å². The first-order valence-electron chi connectivity index (χ1n) is 8.83. The van der Waals surface area contributed by atoms with Crippen molar-refractivity contribution in [2.24, 2.45) is 0 Å². The number of carbonyl (C=O) groups is 1. The average molecular weight is 450 g/mol. The van der Waals surface area contributed by atoms with Crippen LogP contribution < -0.4 is 15.5 Å². The molecular formula is C23H16BrNO4. The molecule has 0 fully saturated rings. The molecule has 0 spiro atoms. The van der Waals surface area contributed by atoms with E-state index in [1.54, 1.807) is 55.6 Å². The van der Waals surface area contributed by atoms with E-state index >= 15 is 0 Å². The normalized spacial score (nSPS) is 10.7. The van der Waals surface area contributed by atoms with Crippen molar-refractivity contribution in [2.45, 2.75) is 0 Å². The van der Waals surface area contributed by atoms with Crippen molar-refractivity contribution in [3.05, 3.63) is 93.1 Å². The summed E-state index contributed by atoms with van der Waals surface area (Å²) >= 11 is 3.35. The van der Waals surface area contributed by atoms with Crippen LogP contribution in [0.1, 0.15) is 10.4 Å². The smallest absolute Gasteiger partial charge is 0.255 e. The van der Waals surface area contributed by atoms with Crippen LogP contribution in [0, 0.1) is 0 Å². The molecule has 0 radical (unpaired) electrons. The number of methoxy groups -OCH3 is 1. The minimum Gasteiger partial charge on any atom is -0.496 e. The zero-order chi connectivity index (χ0) is 20.4. The zero-order valence-electron chi connectivity index (χ0n) is 15.4. The lowest BCUT2D eigenvalue weighted by Crippen LogP contribution is -2.12. The van der Waals surface area contributed by atoms with Crippen molar-refractivity contribution in [1.29, 1.82) is 0 Å². The maximum absolute atomic E-state index is 12.6. The summed E-state index contributed by atoms with van der Waals surface area (Å²) < 4.78 is 12.2. The Labute approximate surface area is 175 Å². The van der Waals surface area contributed by atoms with Gasteiger partial charge in [-0.05, 0) is 48.5 Å². The van der Waals surface area contributed by atoms with Gasteiger partial charge in [0.15, 0.2) is 5.43 Å². The minimum atomic E-state index is -0.250. The van der Waals surface area contributed by atoms with Crippen molar-refractivity contribution in [3.8, 4) is 17.1 Å². The molecule has 0 aliphatic carbocycles. The number of rotatable bonds is 4. The number of amides is 1. The number of hydrogen-bond donors (Lipinski definition) is 1. The van der Waals surface area contributed by atoms with Crippen LogP contribution in [0.15, 0.2) is 86.5 Å². The minimum absolute atomic E-state index is 0.169. The summed E-state index contributed by atoms with van der Waals surface area (Å²) in [5, 5.41) is 3.27. The molecule has 1 aromatic heterocycles. The predicted molar refractivity (Wildman–Crippen MR) is 117 cm³/mol. The molecule has 0 saturated heterocycles. The molecule has 29 heavy (non-hydrogen) atoms. The van der Waals surface area contributed by atoms with E-state index in [1.165, 1.54) is 6.07 Å². The molecule has 0 unspecified atom stereocenters. The van der Waals surface area contributed by atoms with E-state index in [4.69, 9.17) is 9.15 Å². The summed E-state index contributed by atoms with van der Waals surface area (Å²) in [5.41, 5.74) is 1.95. The molecule has 0 atom stereocenters. The van der Waals surface area contributed by atoms with E-state index < -0.39 is 0 Å². The van der Waals surface area contributed by atoms with Gasteiger partial charge in [-0.15, -0.1) is 0 Å². The summed E-state index contributed by atoms with van der Waals surface area (Å²) in [4.78, 5) is 25.0. The fourth-order valence-electron chi connectivity index (χ4n) is 3.02. The third-order valence-electron chi connectivity index (χ3n) is 4.47. The van der Waals surface area contributed by atoms with Crippen molar-refractivity contribution in [3.63, 3.8) is 0 Å². The summed E-state index contributed by atoms with van der Waals surface area (Å²) in [7, 11) is 1.56. The Morgan fingerprint density at radius 2 is 1.76 bits per heavy atom. The Morgan fingerprint density at radius 3 is 2.52 bits per heavy atom. The van der Waals surface area contributed by atoms with Gasteiger partial charge in [-0.3, -0.25) is 9.59 Å². The molecule has 144 valence electrons. The molecule has 5 nitrogen and oxygen atoms in total. The first kappa shape index (κ1) is 19.0. The van der Waals surface area contributed by atoms with Gasteiger partial charge in [0, 0.05) is 27.9 Å². The quantitative estimate of drug-likeness (QED) is 0.447. The van der Waals surface area contributed by atoms with Gasteiger partial charge < -0.3 is 14.5 Å². The number of anilines is 1. The highest BCUT2D eigenvalue weighted by Crippen LogP contribution is 2.31. The highest BCUT2D eigenvalue weighted by atomic mass is 79.9. The standard InChI is InChI=1S/C23H16BrNO4/c1-28-20-5-3-2-4-18(20)22-13-19(26)17-11-10-16(12-21(17)29-22)25-23(27)14-6-8-15(24)9-7-14/h2-13H,1H3,(H,25,27). The van der Waals surface area contributed by atoms with Gasteiger partial charge in [0.1, 0.15) is 17.1 Å². The van der Waals surface area contributed by atoms with Gasteiger partial charge in [0.2, 0.25) is 0 Å². The Balaban J connectivity index is 1.72. The molecular weight excluding hydrogens is 434 g/mol. The van der Waals surface area contributed by atoms with Crippen molar-refractivity contribution >= 4 is 38.5 Å². The average Bonchev–Trinajstić information content (AvgIpc) is 2.73. The lowest BCUT2D eigenvalue weighted by atomic mass is 10.1. The van der Waals surface area contributed by atoms with Crippen LogP contribution in [0.25, 0.3) is 22.3 Å². The molecule has 0 aliphatic heterocycles. The van der Waals surface area contributed by atoms with Gasteiger partial charge >= 0.3 is 0 Å². The van der Waals surface area contributed by atoms with Gasteiger partial charge in [0.05, 0.1) is 18.1 Å². The number of nitrogens with one attached hydrogen (secondary N) is 1. The summed E-state index contributed by atoms with van der Waals surface area (Å²) in [5.74, 6) is 0.756. The van der Waals surface area contributed by atoms with Crippen molar-refractivity contribution in [1.82, 2.24) is 0 Å². The first-order valence-corrected chi connectivity index (χ1v) is 9.62. The Morgan fingerprint density at radius 1 is 1.00 bits per heavy atom. The third kappa shape index (κ3) is 3.93. The number of hydrogen-bond acceptors (Lipinski definition) is 4. The molecule has 0 aliphatic rings. The second-order valence-corrected chi connectivity index (χ2v) is 7.26. The highest BCUT2D eigenvalue weighted by molar-refractivity contribution is 9.10. The monoisotopic (exact) mass is 449 g/mol. The topological polar surface area (TPSA) is 68.5 Å². The van der Waals surface area contributed by atoms with Gasteiger partial charge in [-0.25, -0.2) is 0 Å². The van der Waals surface area contributed by atoms with Crippen LogP contribution in [-0.4, -0.2) is 13.0 Å². The fourth-order valence-corrected chi connectivity index (χ4v) is 3.28.